The lowest BCUT2D eigenvalue weighted by Gasteiger charge is -2.18. The van der Waals surface area contributed by atoms with Crippen molar-refractivity contribution < 1.29 is 4.74 Å². The van der Waals surface area contributed by atoms with Crippen molar-refractivity contribution in [3.8, 4) is 0 Å². The summed E-state index contributed by atoms with van der Waals surface area (Å²) in [6.07, 6.45) is 0. The maximum atomic E-state index is 5.14. The molecule has 2 N–H and O–H groups in total. The van der Waals surface area contributed by atoms with Crippen LogP contribution < -0.4 is 10.6 Å². The van der Waals surface area contributed by atoms with Gasteiger partial charge in [-0.25, -0.2) is 0 Å². The highest BCUT2D eigenvalue weighted by Crippen LogP contribution is 2.01. The minimum absolute atomic E-state index is 0. The Morgan fingerprint density at radius 1 is 1.30 bits per heavy atom. The SMILES string of the molecule is CCNC(=NCCN(C)Cc1ccccc1)NC(C)COC.I. The molecule has 0 saturated carbocycles. The van der Waals surface area contributed by atoms with Gasteiger partial charge in [-0.15, -0.1) is 24.0 Å². The number of benzene rings is 1. The van der Waals surface area contributed by atoms with Crippen molar-refractivity contribution in [1.82, 2.24) is 15.5 Å². The monoisotopic (exact) mass is 434 g/mol. The summed E-state index contributed by atoms with van der Waals surface area (Å²) >= 11 is 0. The molecule has 0 spiro atoms. The van der Waals surface area contributed by atoms with Gasteiger partial charge in [0.25, 0.3) is 0 Å². The summed E-state index contributed by atoms with van der Waals surface area (Å²) in [5.74, 6) is 0.847. The van der Waals surface area contributed by atoms with Gasteiger partial charge in [0.05, 0.1) is 13.2 Å². The van der Waals surface area contributed by atoms with Gasteiger partial charge in [0, 0.05) is 32.8 Å². The molecular weight excluding hydrogens is 403 g/mol. The fourth-order valence-corrected chi connectivity index (χ4v) is 2.15. The molecule has 0 fully saturated rings. The summed E-state index contributed by atoms with van der Waals surface area (Å²) in [4.78, 5) is 6.89. The highest BCUT2D eigenvalue weighted by Gasteiger charge is 2.04. The van der Waals surface area contributed by atoms with Crippen molar-refractivity contribution >= 4 is 29.9 Å². The maximum Gasteiger partial charge on any atom is 0.191 e. The van der Waals surface area contributed by atoms with Crippen LogP contribution in [-0.2, 0) is 11.3 Å². The predicted octanol–water partition coefficient (Wildman–Crippen LogP) is 2.33. The van der Waals surface area contributed by atoms with E-state index in [1.807, 2.05) is 6.07 Å². The Labute approximate surface area is 157 Å². The van der Waals surface area contributed by atoms with E-state index in [-0.39, 0.29) is 30.0 Å². The molecule has 1 rings (SSSR count). The van der Waals surface area contributed by atoms with E-state index in [0.717, 1.165) is 32.1 Å². The van der Waals surface area contributed by atoms with Gasteiger partial charge in [-0.1, -0.05) is 30.3 Å². The van der Waals surface area contributed by atoms with Crippen LogP contribution in [0.25, 0.3) is 0 Å². The standard InChI is InChI=1S/C17H30N4O.HI/c1-5-18-17(20-15(2)14-22-4)19-11-12-21(3)13-16-9-7-6-8-10-16;/h6-10,15H,5,11-14H2,1-4H3,(H2,18,19,20);1H. The zero-order valence-corrected chi connectivity index (χ0v) is 17.0. The van der Waals surface area contributed by atoms with Crippen molar-refractivity contribution in [2.24, 2.45) is 4.99 Å². The van der Waals surface area contributed by atoms with Crippen molar-refractivity contribution in [2.75, 3.05) is 40.4 Å². The summed E-state index contributed by atoms with van der Waals surface area (Å²) < 4.78 is 5.14. The number of nitrogens with zero attached hydrogens (tertiary/aromatic N) is 2. The van der Waals surface area contributed by atoms with Crippen LogP contribution >= 0.6 is 24.0 Å². The fraction of sp³-hybridized carbons (Fsp3) is 0.588. The quantitative estimate of drug-likeness (QED) is 0.356. The van der Waals surface area contributed by atoms with E-state index in [0.29, 0.717) is 6.61 Å². The third-order valence-corrected chi connectivity index (χ3v) is 3.19. The van der Waals surface area contributed by atoms with Crippen LogP contribution in [0, 0.1) is 0 Å². The first-order chi connectivity index (χ1) is 10.7. The highest BCUT2D eigenvalue weighted by atomic mass is 127. The lowest BCUT2D eigenvalue weighted by molar-refractivity contribution is 0.179. The summed E-state index contributed by atoms with van der Waals surface area (Å²) in [7, 11) is 3.83. The number of guanidine groups is 1. The number of likely N-dealkylation sites (N-methyl/N-ethyl adjacent to an activating group) is 1. The molecule has 5 nitrogen and oxygen atoms in total. The lowest BCUT2D eigenvalue weighted by Crippen LogP contribution is -2.44. The molecule has 0 heterocycles. The third kappa shape index (κ3) is 10.5. The van der Waals surface area contributed by atoms with Gasteiger partial charge >= 0.3 is 0 Å². The van der Waals surface area contributed by atoms with Crippen molar-refractivity contribution in [2.45, 2.75) is 26.4 Å². The maximum absolute atomic E-state index is 5.14. The molecule has 0 bridgehead atoms. The van der Waals surface area contributed by atoms with Gasteiger partial charge in [-0.2, -0.15) is 0 Å². The molecule has 1 atom stereocenters. The molecule has 0 saturated heterocycles. The van der Waals surface area contributed by atoms with E-state index in [1.165, 1.54) is 5.56 Å². The first-order valence-corrected chi connectivity index (χ1v) is 7.92. The molecule has 1 aromatic rings. The molecule has 0 aliphatic carbocycles. The predicted molar refractivity (Wildman–Crippen MR) is 109 cm³/mol. The van der Waals surface area contributed by atoms with Crippen molar-refractivity contribution in [3.05, 3.63) is 35.9 Å². The van der Waals surface area contributed by atoms with E-state index in [9.17, 15) is 0 Å². The van der Waals surface area contributed by atoms with Crippen LogP contribution in [0.5, 0.6) is 0 Å². The van der Waals surface area contributed by atoms with E-state index >= 15 is 0 Å². The van der Waals surface area contributed by atoms with Crippen LogP contribution in [0.2, 0.25) is 0 Å². The number of nitrogens with one attached hydrogen (secondary N) is 2. The summed E-state index contributed by atoms with van der Waals surface area (Å²) in [6.45, 7) is 8.30. The number of hydrogen-bond acceptors (Lipinski definition) is 3. The molecule has 1 unspecified atom stereocenters. The fourth-order valence-electron chi connectivity index (χ4n) is 2.15. The third-order valence-electron chi connectivity index (χ3n) is 3.19. The smallest absolute Gasteiger partial charge is 0.191 e. The second kappa shape index (κ2) is 13.6. The minimum Gasteiger partial charge on any atom is -0.383 e. The Morgan fingerprint density at radius 3 is 2.61 bits per heavy atom. The Kier molecular flexibility index (Phi) is 13.1. The summed E-state index contributed by atoms with van der Waals surface area (Å²) in [6, 6.07) is 10.7. The molecule has 0 amide bonds. The average Bonchev–Trinajstić information content (AvgIpc) is 2.48. The number of hydrogen-bond donors (Lipinski definition) is 2. The van der Waals surface area contributed by atoms with Gasteiger partial charge in [0.1, 0.15) is 0 Å². The second-order valence-corrected chi connectivity index (χ2v) is 5.48. The Morgan fingerprint density at radius 2 is 2.00 bits per heavy atom. The topological polar surface area (TPSA) is 48.9 Å². The van der Waals surface area contributed by atoms with E-state index in [4.69, 9.17) is 4.74 Å². The first kappa shape index (κ1) is 22.1. The van der Waals surface area contributed by atoms with Crippen LogP contribution in [0.3, 0.4) is 0 Å². The largest absolute Gasteiger partial charge is 0.383 e. The Balaban J connectivity index is 0.00000484. The molecule has 23 heavy (non-hydrogen) atoms. The molecular formula is C17H31IN4O. The molecule has 132 valence electrons. The molecule has 6 heteroatoms. The molecule has 0 radical (unpaired) electrons. The lowest BCUT2D eigenvalue weighted by atomic mass is 10.2. The number of ether oxygens (including phenoxy) is 1. The van der Waals surface area contributed by atoms with Gasteiger partial charge in [0.2, 0.25) is 0 Å². The Hall–Kier alpha value is -0.860. The zero-order chi connectivity index (χ0) is 16.2. The van der Waals surface area contributed by atoms with E-state index in [1.54, 1.807) is 7.11 Å². The van der Waals surface area contributed by atoms with Gasteiger partial charge in [-0.05, 0) is 26.5 Å². The van der Waals surface area contributed by atoms with Crippen LogP contribution in [0.4, 0.5) is 0 Å². The highest BCUT2D eigenvalue weighted by molar-refractivity contribution is 14.0. The number of rotatable bonds is 9. The van der Waals surface area contributed by atoms with Crippen LogP contribution in [-0.4, -0.2) is 57.3 Å². The Bertz CT molecular complexity index is 428. The van der Waals surface area contributed by atoms with Gasteiger partial charge < -0.3 is 20.3 Å². The van der Waals surface area contributed by atoms with Gasteiger partial charge in [0.15, 0.2) is 5.96 Å². The number of methoxy groups -OCH3 is 1. The van der Waals surface area contributed by atoms with E-state index < -0.39 is 0 Å². The number of aliphatic imine (C=N–C) groups is 1. The molecule has 0 aromatic heterocycles. The molecule has 1 aromatic carbocycles. The second-order valence-electron chi connectivity index (χ2n) is 5.48. The minimum atomic E-state index is 0. The van der Waals surface area contributed by atoms with Crippen molar-refractivity contribution in [1.29, 1.82) is 0 Å². The molecule has 0 aliphatic rings. The van der Waals surface area contributed by atoms with Crippen molar-refractivity contribution in [3.63, 3.8) is 0 Å². The van der Waals surface area contributed by atoms with Crippen LogP contribution in [0.1, 0.15) is 19.4 Å². The normalized spacial score (nSPS) is 12.7. The number of halogens is 1. The zero-order valence-electron chi connectivity index (χ0n) is 14.7. The van der Waals surface area contributed by atoms with Crippen LogP contribution in [0.15, 0.2) is 35.3 Å². The average molecular weight is 434 g/mol. The molecule has 0 aliphatic heterocycles. The summed E-state index contributed by atoms with van der Waals surface area (Å²) in [5, 5.41) is 6.60. The first-order valence-electron chi connectivity index (χ1n) is 7.92. The van der Waals surface area contributed by atoms with E-state index in [2.05, 4.69) is 65.7 Å². The summed E-state index contributed by atoms with van der Waals surface area (Å²) in [5.41, 5.74) is 1.33. The van der Waals surface area contributed by atoms with Gasteiger partial charge in [-0.3, -0.25) is 4.99 Å².